The molecular formula is C57H36N4O. The molecule has 0 saturated heterocycles. The zero-order chi connectivity index (χ0) is 41.0. The first-order chi connectivity index (χ1) is 30.7. The highest BCUT2D eigenvalue weighted by molar-refractivity contribution is 6.18. The highest BCUT2D eigenvalue weighted by atomic mass is 16.3. The maximum atomic E-state index is 7.21. The SMILES string of the molecule is c1ccc(-c2ccc(-c3nc(-c4cccc(-c5ccccc5)c4)nc(-c4ccc(-c5ccccc5)c5oc6c(-n7c8ccccc8c8ccccc87)cccc6c45)n3)cc2)cc1. The van der Waals surface area contributed by atoms with Gasteiger partial charge in [0.2, 0.25) is 0 Å². The van der Waals surface area contributed by atoms with E-state index in [1.165, 1.54) is 10.8 Å². The number of hydrogen-bond acceptors (Lipinski definition) is 4. The molecule has 0 N–H and O–H groups in total. The Hall–Kier alpha value is -8.41. The van der Waals surface area contributed by atoms with Gasteiger partial charge in [0.25, 0.3) is 0 Å². The zero-order valence-corrected chi connectivity index (χ0v) is 33.5. The fraction of sp³-hybridized carbons (Fsp3) is 0. The van der Waals surface area contributed by atoms with Crippen molar-refractivity contribution in [2.75, 3.05) is 0 Å². The fourth-order valence-electron chi connectivity index (χ4n) is 8.94. The molecule has 5 nitrogen and oxygen atoms in total. The van der Waals surface area contributed by atoms with Gasteiger partial charge in [-0.25, -0.2) is 15.0 Å². The number of para-hydroxylation sites is 3. The summed E-state index contributed by atoms with van der Waals surface area (Å²) in [6, 6.07) is 76.1. The Kier molecular flexibility index (Phi) is 8.42. The molecule has 3 aromatic heterocycles. The Morgan fingerprint density at radius 2 is 0.774 bits per heavy atom. The van der Waals surface area contributed by atoms with E-state index in [4.69, 9.17) is 19.4 Å². The summed E-state index contributed by atoms with van der Waals surface area (Å²) in [7, 11) is 0. The molecule has 62 heavy (non-hydrogen) atoms. The van der Waals surface area contributed by atoms with Gasteiger partial charge in [-0.3, -0.25) is 0 Å². The number of benzene rings is 9. The molecule has 290 valence electrons. The van der Waals surface area contributed by atoms with Crippen LogP contribution in [0.1, 0.15) is 0 Å². The molecule has 9 aromatic carbocycles. The number of aromatic nitrogens is 4. The monoisotopic (exact) mass is 792 g/mol. The van der Waals surface area contributed by atoms with E-state index < -0.39 is 0 Å². The predicted molar refractivity (Wildman–Crippen MR) is 254 cm³/mol. The minimum absolute atomic E-state index is 0.567. The van der Waals surface area contributed by atoms with Crippen LogP contribution in [0, 0.1) is 0 Å². The highest BCUT2D eigenvalue weighted by Gasteiger charge is 2.24. The molecule has 0 aliphatic carbocycles. The van der Waals surface area contributed by atoms with Gasteiger partial charge in [0.1, 0.15) is 5.58 Å². The average molecular weight is 793 g/mol. The van der Waals surface area contributed by atoms with E-state index in [1.54, 1.807) is 0 Å². The Labute approximate surface area is 357 Å². The lowest BCUT2D eigenvalue weighted by Gasteiger charge is -2.12. The van der Waals surface area contributed by atoms with Crippen LogP contribution >= 0.6 is 0 Å². The molecule has 0 aliphatic heterocycles. The Balaban J connectivity index is 1.12. The summed E-state index contributed by atoms with van der Waals surface area (Å²) in [4.78, 5) is 15.8. The molecule has 0 atom stereocenters. The Morgan fingerprint density at radius 1 is 0.306 bits per heavy atom. The lowest BCUT2D eigenvalue weighted by molar-refractivity contribution is 0.667. The second-order valence-corrected chi connectivity index (χ2v) is 15.6. The van der Waals surface area contributed by atoms with E-state index in [1.807, 2.05) is 18.2 Å². The Bertz CT molecular complexity index is 3560. The minimum atomic E-state index is 0.567. The number of hydrogen-bond donors (Lipinski definition) is 0. The molecule has 12 aromatic rings. The van der Waals surface area contributed by atoms with Crippen LogP contribution in [-0.4, -0.2) is 19.5 Å². The molecule has 0 amide bonds. The third kappa shape index (κ3) is 5.98. The van der Waals surface area contributed by atoms with E-state index >= 15 is 0 Å². The van der Waals surface area contributed by atoms with Crippen molar-refractivity contribution in [3.8, 4) is 73.2 Å². The van der Waals surface area contributed by atoms with Crippen LogP contribution in [0.15, 0.2) is 223 Å². The van der Waals surface area contributed by atoms with Crippen molar-refractivity contribution in [1.82, 2.24) is 19.5 Å². The first-order valence-corrected chi connectivity index (χ1v) is 20.9. The van der Waals surface area contributed by atoms with Gasteiger partial charge in [-0.1, -0.05) is 182 Å². The van der Waals surface area contributed by atoms with E-state index in [0.717, 1.165) is 88.7 Å². The van der Waals surface area contributed by atoms with E-state index in [-0.39, 0.29) is 0 Å². The first-order valence-electron chi connectivity index (χ1n) is 20.9. The van der Waals surface area contributed by atoms with Crippen LogP contribution in [0.2, 0.25) is 0 Å². The topological polar surface area (TPSA) is 56.7 Å². The molecule has 0 bridgehead atoms. The maximum Gasteiger partial charge on any atom is 0.164 e. The molecule has 3 heterocycles. The standard InChI is InChI=1S/C57H36N4O/c1-4-16-37(17-5-1)39-30-32-41(33-31-39)55-58-56(43-23-14-22-42(36-43)38-18-6-2-7-19-38)60-57(59-55)48-35-34-44(40-20-8-3-9-21-40)54-52(48)47-26-15-29-51(53(47)62-54)61-49-27-12-10-24-45(49)46-25-11-13-28-50(46)61/h1-36H. The molecule has 0 saturated carbocycles. The molecule has 12 rings (SSSR count). The summed E-state index contributed by atoms with van der Waals surface area (Å²) in [5.41, 5.74) is 14.0. The van der Waals surface area contributed by atoms with Gasteiger partial charge < -0.3 is 8.98 Å². The van der Waals surface area contributed by atoms with Gasteiger partial charge in [-0.05, 0) is 64.2 Å². The van der Waals surface area contributed by atoms with Crippen molar-refractivity contribution >= 4 is 43.7 Å². The molecule has 0 fully saturated rings. The van der Waals surface area contributed by atoms with Crippen LogP contribution in [-0.2, 0) is 0 Å². The number of nitrogens with zero attached hydrogens (tertiary/aromatic N) is 4. The van der Waals surface area contributed by atoms with Crippen LogP contribution in [0.25, 0.3) is 117 Å². The van der Waals surface area contributed by atoms with Crippen molar-refractivity contribution < 1.29 is 4.42 Å². The van der Waals surface area contributed by atoms with Gasteiger partial charge in [0.05, 0.1) is 16.7 Å². The van der Waals surface area contributed by atoms with Crippen LogP contribution < -0.4 is 0 Å². The molecule has 0 aliphatic rings. The first kappa shape index (κ1) is 35.5. The van der Waals surface area contributed by atoms with Crippen LogP contribution in [0.4, 0.5) is 0 Å². The van der Waals surface area contributed by atoms with Gasteiger partial charge in [-0.2, -0.15) is 0 Å². The molecular weight excluding hydrogens is 757 g/mol. The van der Waals surface area contributed by atoms with Gasteiger partial charge >= 0.3 is 0 Å². The normalized spacial score (nSPS) is 11.5. The second kappa shape index (κ2) is 14.7. The van der Waals surface area contributed by atoms with Gasteiger partial charge in [0, 0.05) is 43.8 Å². The van der Waals surface area contributed by atoms with Gasteiger partial charge in [0.15, 0.2) is 23.1 Å². The highest BCUT2D eigenvalue weighted by Crippen LogP contribution is 2.44. The van der Waals surface area contributed by atoms with E-state index in [2.05, 4.69) is 205 Å². The minimum Gasteiger partial charge on any atom is -0.453 e. The Morgan fingerprint density at radius 3 is 1.45 bits per heavy atom. The average Bonchev–Trinajstić information content (AvgIpc) is 3.91. The van der Waals surface area contributed by atoms with Crippen LogP contribution in [0.3, 0.4) is 0 Å². The lowest BCUT2D eigenvalue weighted by atomic mass is 9.97. The summed E-state index contributed by atoms with van der Waals surface area (Å²) in [6.45, 7) is 0. The second-order valence-electron chi connectivity index (χ2n) is 15.6. The zero-order valence-electron chi connectivity index (χ0n) is 33.5. The van der Waals surface area contributed by atoms with Gasteiger partial charge in [-0.15, -0.1) is 0 Å². The number of fused-ring (bicyclic) bond motifs is 6. The lowest BCUT2D eigenvalue weighted by Crippen LogP contribution is -2.01. The largest absolute Gasteiger partial charge is 0.453 e. The maximum absolute atomic E-state index is 7.21. The van der Waals surface area contributed by atoms with Crippen molar-refractivity contribution in [3.63, 3.8) is 0 Å². The number of rotatable bonds is 7. The summed E-state index contributed by atoms with van der Waals surface area (Å²) in [5.74, 6) is 1.75. The fourth-order valence-corrected chi connectivity index (χ4v) is 8.94. The molecule has 0 unspecified atom stereocenters. The number of furan rings is 1. The molecule has 5 heteroatoms. The third-order valence-corrected chi connectivity index (χ3v) is 11.9. The quantitative estimate of drug-likeness (QED) is 0.161. The summed E-state index contributed by atoms with van der Waals surface area (Å²) in [6.07, 6.45) is 0. The van der Waals surface area contributed by atoms with Crippen molar-refractivity contribution in [1.29, 1.82) is 0 Å². The van der Waals surface area contributed by atoms with E-state index in [0.29, 0.717) is 17.5 Å². The predicted octanol–water partition coefficient (Wildman–Crippen LogP) is 14.9. The van der Waals surface area contributed by atoms with Crippen LogP contribution in [0.5, 0.6) is 0 Å². The summed E-state index contributed by atoms with van der Waals surface area (Å²) < 4.78 is 9.54. The van der Waals surface area contributed by atoms with Crippen molar-refractivity contribution in [2.24, 2.45) is 0 Å². The smallest absolute Gasteiger partial charge is 0.164 e. The third-order valence-electron chi connectivity index (χ3n) is 11.9. The van der Waals surface area contributed by atoms with E-state index in [9.17, 15) is 0 Å². The van der Waals surface area contributed by atoms with Crippen molar-refractivity contribution in [3.05, 3.63) is 218 Å². The summed E-state index contributed by atoms with van der Waals surface area (Å²) >= 11 is 0. The molecule has 0 radical (unpaired) electrons. The summed E-state index contributed by atoms with van der Waals surface area (Å²) in [5, 5.41) is 4.32. The molecule has 0 spiro atoms. The van der Waals surface area contributed by atoms with Crippen molar-refractivity contribution in [2.45, 2.75) is 0 Å².